The number of pyridine rings is 1. The number of aromatic nitrogens is 3. The van der Waals surface area contributed by atoms with Crippen LogP contribution >= 0.6 is 0 Å². The van der Waals surface area contributed by atoms with Gasteiger partial charge in [0.25, 0.3) is 5.91 Å². The molecule has 4 rings (SSSR count). The summed E-state index contributed by atoms with van der Waals surface area (Å²) in [5.41, 5.74) is 4.21. The lowest BCUT2D eigenvalue weighted by Crippen LogP contribution is -2.19. The van der Waals surface area contributed by atoms with Crippen LogP contribution in [0.3, 0.4) is 0 Å². The van der Waals surface area contributed by atoms with E-state index in [1.54, 1.807) is 25.1 Å². The van der Waals surface area contributed by atoms with Gasteiger partial charge in [-0.1, -0.05) is 17.7 Å². The SMILES string of the molecule is Cc1ccc(C#N)c(Cn2nc(C(F)(F)F)c(NC(=O)c3cc(C(N)=O)c4ccc(F)cc4n3)c2C)c1. The van der Waals surface area contributed by atoms with E-state index in [0.717, 1.165) is 28.4 Å². The Morgan fingerprint density at radius 1 is 1.14 bits per heavy atom. The van der Waals surface area contributed by atoms with Crippen molar-refractivity contribution in [2.75, 3.05) is 5.32 Å². The molecule has 37 heavy (non-hydrogen) atoms. The standard InChI is InChI=1S/C25H18F4N6O2/c1-12-3-4-14(10-30)15(7-12)11-35-13(2)21(22(34-35)25(27,28)29)33-24(37)20-9-18(23(31)36)17-6-5-16(26)8-19(17)32-20/h3-9H,11H2,1-2H3,(H2,31,36)(H,33,37). The third kappa shape index (κ3) is 4.97. The van der Waals surface area contributed by atoms with Crippen LogP contribution in [0.5, 0.6) is 0 Å². The number of alkyl halides is 3. The highest BCUT2D eigenvalue weighted by atomic mass is 19.4. The number of nitrogens with one attached hydrogen (secondary N) is 1. The molecule has 2 aromatic heterocycles. The van der Waals surface area contributed by atoms with Crippen LogP contribution in [0.15, 0.2) is 42.5 Å². The molecule has 0 unspecified atom stereocenters. The summed E-state index contributed by atoms with van der Waals surface area (Å²) in [7, 11) is 0. The van der Waals surface area contributed by atoms with Crippen molar-refractivity contribution in [3.63, 3.8) is 0 Å². The second-order valence-corrected chi connectivity index (χ2v) is 8.27. The van der Waals surface area contributed by atoms with Gasteiger partial charge >= 0.3 is 6.18 Å². The molecule has 8 nitrogen and oxygen atoms in total. The van der Waals surface area contributed by atoms with Crippen molar-refractivity contribution in [1.29, 1.82) is 5.26 Å². The van der Waals surface area contributed by atoms with Crippen molar-refractivity contribution in [2.45, 2.75) is 26.6 Å². The van der Waals surface area contributed by atoms with Crippen molar-refractivity contribution >= 4 is 28.4 Å². The van der Waals surface area contributed by atoms with Gasteiger partial charge in [0, 0.05) is 11.5 Å². The van der Waals surface area contributed by atoms with Gasteiger partial charge in [-0.05, 0) is 43.7 Å². The Hall–Kier alpha value is -4.79. The molecule has 0 aliphatic heterocycles. The lowest BCUT2D eigenvalue weighted by molar-refractivity contribution is -0.140. The van der Waals surface area contributed by atoms with Gasteiger partial charge in [0.05, 0.1) is 40.6 Å². The van der Waals surface area contributed by atoms with Crippen molar-refractivity contribution in [3.8, 4) is 6.07 Å². The van der Waals surface area contributed by atoms with Gasteiger partial charge in [-0.15, -0.1) is 0 Å². The highest BCUT2D eigenvalue weighted by molar-refractivity contribution is 6.10. The summed E-state index contributed by atoms with van der Waals surface area (Å²) < 4.78 is 56.4. The van der Waals surface area contributed by atoms with Gasteiger partial charge in [-0.25, -0.2) is 9.37 Å². The Balaban J connectivity index is 1.77. The first-order valence-corrected chi connectivity index (χ1v) is 10.7. The molecule has 0 aliphatic rings. The van der Waals surface area contributed by atoms with Crippen LogP contribution in [0.4, 0.5) is 23.2 Å². The smallest absolute Gasteiger partial charge is 0.366 e. The number of halogens is 4. The number of fused-ring (bicyclic) bond motifs is 1. The second kappa shape index (κ2) is 9.34. The number of amides is 2. The molecule has 2 heterocycles. The Labute approximate surface area is 207 Å². The highest BCUT2D eigenvalue weighted by Crippen LogP contribution is 2.36. The van der Waals surface area contributed by atoms with Crippen LogP contribution in [0.2, 0.25) is 0 Å². The number of rotatable bonds is 5. The molecule has 0 saturated heterocycles. The molecule has 0 fully saturated rings. The van der Waals surface area contributed by atoms with E-state index in [0.29, 0.717) is 5.56 Å². The highest BCUT2D eigenvalue weighted by Gasteiger charge is 2.39. The summed E-state index contributed by atoms with van der Waals surface area (Å²) >= 11 is 0. The largest absolute Gasteiger partial charge is 0.437 e. The molecule has 4 aromatic rings. The van der Waals surface area contributed by atoms with Gasteiger partial charge in [0.15, 0.2) is 5.69 Å². The Kier molecular flexibility index (Phi) is 6.39. The van der Waals surface area contributed by atoms with Gasteiger partial charge < -0.3 is 11.1 Å². The number of carbonyl (C=O) groups excluding carboxylic acids is 2. The third-order valence-electron chi connectivity index (χ3n) is 5.68. The Bertz CT molecular complexity index is 1620. The van der Waals surface area contributed by atoms with Crippen LogP contribution in [0.25, 0.3) is 10.9 Å². The van der Waals surface area contributed by atoms with Gasteiger partial charge in [-0.2, -0.15) is 23.5 Å². The first-order valence-electron chi connectivity index (χ1n) is 10.7. The summed E-state index contributed by atoms with van der Waals surface area (Å²) in [5, 5.41) is 15.4. The topological polar surface area (TPSA) is 127 Å². The molecule has 0 aliphatic carbocycles. The molecule has 0 atom stereocenters. The molecule has 12 heteroatoms. The summed E-state index contributed by atoms with van der Waals surface area (Å²) in [6.07, 6.45) is -4.93. The molecule has 0 spiro atoms. The number of primary amides is 1. The summed E-state index contributed by atoms with van der Waals surface area (Å²) in [6.45, 7) is 2.95. The number of aryl methyl sites for hydroxylation is 1. The fourth-order valence-electron chi connectivity index (χ4n) is 3.87. The minimum Gasteiger partial charge on any atom is -0.366 e. The number of benzene rings is 2. The summed E-state index contributed by atoms with van der Waals surface area (Å²) in [6, 6.07) is 11.2. The third-order valence-corrected chi connectivity index (χ3v) is 5.68. The van der Waals surface area contributed by atoms with Crippen LogP contribution in [-0.4, -0.2) is 26.6 Å². The predicted molar refractivity (Wildman–Crippen MR) is 125 cm³/mol. The Morgan fingerprint density at radius 3 is 2.51 bits per heavy atom. The Morgan fingerprint density at radius 2 is 1.86 bits per heavy atom. The molecule has 0 saturated carbocycles. The van der Waals surface area contributed by atoms with Crippen molar-refractivity contribution in [1.82, 2.24) is 14.8 Å². The van der Waals surface area contributed by atoms with E-state index in [-0.39, 0.29) is 34.3 Å². The first kappa shape index (κ1) is 25.3. The van der Waals surface area contributed by atoms with Crippen LogP contribution in [0, 0.1) is 31.0 Å². The number of nitriles is 1. The average Bonchev–Trinajstić information content (AvgIpc) is 3.13. The van der Waals surface area contributed by atoms with E-state index in [4.69, 9.17) is 5.73 Å². The number of carbonyl (C=O) groups is 2. The number of anilines is 1. The summed E-state index contributed by atoms with van der Waals surface area (Å²) in [4.78, 5) is 28.9. The van der Waals surface area contributed by atoms with Gasteiger partial charge in [-0.3, -0.25) is 14.3 Å². The van der Waals surface area contributed by atoms with Crippen LogP contribution < -0.4 is 11.1 Å². The molecule has 188 valence electrons. The lowest BCUT2D eigenvalue weighted by Gasteiger charge is -2.11. The maximum absolute atomic E-state index is 13.9. The quantitative estimate of drug-likeness (QED) is 0.383. The number of hydrogen-bond donors (Lipinski definition) is 2. The molecule has 2 aromatic carbocycles. The second-order valence-electron chi connectivity index (χ2n) is 8.27. The molecule has 0 radical (unpaired) electrons. The fourth-order valence-corrected chi connectivity index (χ4v) is 3.87. The monoisotopic (exact) mass is 510 g/mol. The molecular weight excluding hydrogens is 492 g/mol. The summed E-state index contributed by atoms with van der Waals surface area (Å²) in [5.74, 6) is -2.72. The van der Waals surface area contributed by atoms with Crippen molar-refractivity contribution < 1.29 is 27.2 Å². The van der Waals surface area contributed by atoms with E-state index in [9.17, 15) is 32.4 Å². The maximum Gasteiger partial charge on any atom is 0.437 e. The van der Waals surface area contributed by atoms with E-state index in [1.807, 2.05) is 6.07 Å². The van der Waals surface area contributed by atoms with Gasteiger partial charge in [0.2, 0.25) is 5.91 Å². The number of nitrogens with zero attached hydrogens (tertiary/aromatic N) is 4. The minimum atomic E-state index is -4.93. The first-order chi connectivity index (χ1) is 17.4. The molecular formula is C25H18F4N6O2. The maximum atomic E-state index is 13.9. The lowest BCUT2D eigenvalue weighted by atomic mass is 10.1. The van der Waals surface area contributed by atoms with Crippen LogP contribution in [-0.2, 0) is 12.7 Å². The van der Waals surface area contributed by atoms with Crippen molar-refractivity contribution in [2.24, 2.45) is 5.73 Å². The van der Waals surface area contributed by atoms with Gasteiger partial charge in [0.1, 0.15) is 11.5 Å². The zero-order chi connectivity index (χ0) is 27.1. The number of nitrogens with two attached hydrogens (primary N) is 1. The fraction of sp³-hybridized carbons (Fsp3) is 0.160. The van der Waals surface area contributed by atoms with E-state index < -0.39 is 40.9 Å². The zero-order valence-corrected chi connectivity index (χ0v) is 19.4. The number of hydrogen-bond acceptors (Lipinski definition) is 5. The van der Waals surface area contributed by atoms with E-state index >= 15 is 0 Å². The van der Waals surface area contributed by atoms with Crippen LogP contribution in [0.1, 0.15) is 48.9 Å². The average molecular weight is 510 g/mol. The molecule has 2 amide bonds. The van der Waals surface area contributed by atoms with E-state index in [1.165, 1.54) is 13.0 Å². The normalized spacial score (nSPS) is 11.4. The minimum absolute atomic E-state index is 0.0342. The molecule has 0 bridgehead atoms. The van der Waals surface area contributed by atoms with E-state index in [2.05, 4.69) is 15.4 Å². The molecule has 3 N–H and O–H groups in total. The van der Waals surface area contributed by atoms with Crippen molar-refractivity contribution in [3.05, 3.63) is 87.6 Å². The predicted octanol–water partition coefficient (Wildman–Crippen LogP) is 4.48. The zero-order valence-electron chi connectivity index (χ0n) is 19.4.